The third-order valence-electron chi connectivity index (χ3n) is 5.46. The lowest BCUT2D eigenvalue weighted by Gasteiger charge is -2.31. The summed E-state index contributed by atoms with van der Waals surface area (Å²) in [6.45, 7) is 7.36. The second-order valence-electron chi connectivity index (χ2n) is 7.98. The van der Waals surface area contributed by atoms with Gasteiger partial charge in [0.2, 0.25) is 21.8 Å². The summed E-state index contributed by atoms with van der Waals surface area (Å²) in [5.74, 6) is -0.176. The molecule has 0 aliphatic carbocycles. The van der Waals surface area contributed by atoms with Crippen LogP contribution in [0.5, 0.6) is 5.75 Å². The monoisotopic (exact) mass is 475 g/mol. The first-order valence-electron chi connectivity index (χ1n) is 10.7. The van der Waals surface area contributed by atoms with Gasteiger partial charge >= 0.3 is 0 Å². The van der Waals surface area contributed by atoms with E-state index in [9.17, 15) is 18.0 Å². The largest absolute Gasteiger partial charge is 0.497 e. The van der Waals surface area contributed by atoms with Gasteiger partial charge in [-0.25, -0.2) is 8.42 Å². The number of hydrogen-bond donors (Lipinski definition) is 1. The van der Waals surface area contributed by atoms with Crippen LogP contribution >= 0.6 is 0 Å². The fourth-order valence-electron chi connectivity index (χ4n) is 3.37. The van der Waals surface area contributed by atoms with Gasteiger partial charge in [-0.05, 0) is 68.7 Å². The minimum Gasteiger partial charge on any atom is -0.497 e. The highest BCUT2D eigenvalue weighted by molar-refractivity contribution is 7.92. The topological polar surface area (TPSA) is 96.0 Å². The maximum absolute atomic E-state index is 13.4. The number of nitrogens with one attached hydrogen (secondary N) is 1. The highest BCUT2D eigenvalue weighted by Crippen LogP contribution is 2.22. The minimum atomic E-state index is -3.75. The molecule has 0 fully saturated rings. The lowest BCUT2D eigenvalue weighted by atomic mass is 10.1. The average Bonchev–Trinajstić information content (AvgIpc) is 2.76. The van der Waals surface area contributed by atoms with E-state index in [0.717, 1.165) is 27.3 Å². The van der Waals surface area contributed by atoms with E-state index in [-0.39, 0.29) is 12.5 Å². The van der Waals surface area contributed by atoms with Crippen LogP contribution < -0.4 is 14.4 Å². The van der Waals surface area contributed by atoms with E-state index in [4.69, 9.17) is 4.74 Å². The van der Waals surface area contributed by atoms with Gasteiger partial charge in [-0.15, -0.1) is 0 Å². The number of hydrogen-bond acceptors (Lipinski definition) is 5. The van der Waals surface area contributed by atoms with E-state index >= 15 is 0 Å². The Morgan fingerprint density at radius 1 is 1.09 bits per heavy atom. The number of aryl methyl sites for hydroxylation is 2. The molecule has 1 unspecified atom stereocenters. The van der Waals surface area contributed by atoms with Crippen LogP contribution in [0.15, 0.2) is 42.5 Å². The number of carbonyl (C=O) groups excluding carboxylic acids is 2. The van der Waals surface area contributed by atoms with Gasteiger partial charge in [-0.1, -0.05) is 18.2 Å². The predicted octanol–water partition coefficient (Wildman–Crippen LogP) is 2.63. The SMILES string of the molecule is CCNC(=O)C(C)N(Cc1cccc(OC)c1)C(=O)CN(c1ccc(C)c(C)c1)S(C)(=O)=O. The number of anilines is 1. The van der Waals surface area contributed by atoms with Crippen LogP contribution in [0.2, 0.25) is 0 Å². The summed E-state index contributed by atoms with van der Waals surface area (Å²) in [6, 6.07) is 11.6. The van der Waals surface area contributed by atoms with Crippen molar-refractivity contribution < 1.29 is 22.7 Å². The molecule has 2 rings (SSSR count). The molecule has 0 aliphatic rings. The molecule has 0 spiro atoms. The van der Waals surface area contributed by atoms with Crippen LogP contribution in [0.4, 0.5) is 5.69 Å². The molecule has 0 radical (unpaired) electrons. The lowest BCUT2D eigenvalue weighted by Crippen LogP contribution is -2.51. The molecule has 8 nitrogen and oxygen atoms in total. The van der Waals surface area contributed by atoms with Crippen molar-refractivity contribution in [1.82, 2.24) is 10.2 Å². The van der Waals surface area contributed by atoms with Crippen molar-refractivity contribution in [3.05, 3.63) is 59.2 Å². The van der Waals surface area contributed by atoms with Gasteiger partial charge in [0, 0.05) is 13.1 Å². The van der Waals surface area contributed by atoms with Crippen molar-refractivity contribution in [3.8, 4) is 5.75 Å². The third kappa shape index (κ3) is 6.95. The smallest absolute Gasteiger partial charge is 0.244 e. The molecule has 0 saturated heterocycles. The van der Waals surface area contributed by atoms with E-state index in [1.807, 2.05) is 26.0 Å². The normalized spacial score (nSPS) is 12.1. The zero-order valence-electron chi connectivity index (χ0n) is 20.1. The first-order chi connectivity index (χ1) is 15.5. The molecule has 0 saturated carbocycles. The Hall–Kier alpha value is -3.07. The molecule has 2 aromatic carbocycles. The van der Waals surface area contributed by atoms with Crippen LogP contribution in [0.25, 0.3) is 0 Å². The van der Waals surface area contributed by atoms with Crippen LogP contribution in [0.1, 0.15) is 30.5 Å². The number of carbonyl (C=O) groups is 2. The minimum absolute atomic E-state index is 0.124. The molecular formula is C24H33N3O5S. The zero-order chi connectivity index (χ0) is 24.8. The molecular weight excluding hydrogens is 442 g/mol. The number of sulfonamides is 1. The summed E-state index contributed by atoms with van der Waals surface area (Å²) < 4.78 is 31.5. The molecule has 2 aromatic rings. The molecule has 0 bridgehead atoms. The average molecular weight is 476 g/mol. The second-order valence-corrected chi connectivity index (χ2v) is 9.89. The number of likely N-dealkylation sites (N-methyl/N-ethyl adjacent to an activating group) is 1. The molecule has 33 heavy (non-hydrogen) atoms. The summed E-state index contributed by atoms with van der Waals surface area (Å²) in [4.78, 5) is 27.4. The van der Waals surface area contributed by atoms with E-state index in [0.29, 0.717) is 18.0 Å². The maximum atomic E-state index is 13.4. The Kier molecular flexibility index (Phi) is 8.87. The Balaban J connectivity index is 2.41. The Morgan fingerprint density at radius 3 is 2.36 bits per heavy atom. The number of nitrogens with zero attached hydrogens (tertiary/aromatic N) is 2. The summed E-state index contributed by atoms with van der Waals surface area (Å²) in [7, 11) is -2.20. The van der Waals surface area contributed by atoms with Gasteiger partial charge in [0.05, 0.1) is 19.1 Å². The van der Waals surface area contributed by atoms with Gasteiger partial charge in [0.25, 0.3) is 0 Å². The van der Waals surface area contributed by atoms with Crippen molar-refractivity contribution in [2.24, 2.45) is 0 Å². The van der Waals surface area contributed by atoms with Crippen molar-refractivity contribution in [2.75, 3.05) is 30.8 Å². The highest BCUT2D eigenvalue weighted by Gasteiger charge is 2.30. The van der Waals surface area contributed by atoms with Gasteiger partial charge in [0.1, 0.15) is 18.3 Å². The van der Waals surface area contributed by atoms with Crippen LogP contribution in [-0.4, -0.2) is 57.6 Å². The molecule has 0 aliphatic heterocycles. The number of amides is 2. The highest BCUT2D eigenvalue weighted by atomic mass is 32.2. The maximum Gasteiger partial charge on any atom is 0.244 e. The molecule has 1 atom stereocenters. The zero-order valence-corrected chi connectivity index (χ0v) is 20.9. The molecule has 2 amide bonds. The summed E-state index contributed by atoms with van der Waals surface area (Å²) >= 11 is 0. The van der Waals surface area contributed by atoms with E-state index in [2.05, 4.69) is 5.32 Å². The first kappa shape index (κ1) is 26.2. The van der Waals surface area contributed by atoms with E-state index < -0.39 is 28.5 Å². The number of rotatable bonds is 10. The molecule has 9 heteroatoms. The van der Waals surface area contributed by atoms with Gasteiger partial charge in [-0.3, -0.25) is 13.9 Å². The molecule has 1 N–H and O–H groups in total. The van der Waals surface area contributed by atoms with Crippen molar-refractivity contribution >= 4 is 27.5 Å². The fraction of sp³-hybridized carbons (Fsp3) is 0.417. The van der Waals surface area contributed by atoms with Crippen molar-refractivity contribution in [2.45, 2.75) is 40.3 Å². The van der Waals surface area contributed by atoms with Crippen LogP contribution in [0.3, 0.4) is 0 Å². The van der Waals surface area contributed by atoms with E-state index in [1.54, 1.807) is 51.3 Å². The number of ether oxygens (including phenoxy) is 1. The van der Waals surface area contributed by atoms with E-state index in [1.165, 1.54) is 4.90 Å². The molecule has 0 heterocycles. The van der Waals surface area contributed by atoms with Crippen LogP contribution in [0, 0.1) is 13.8 Å². The van der Waals surface area contributed by atoms with Gasteiger partial charge in [-0.2, -0.15) is 0 Å². The Labute approximate surface area is 196 Å². The van der Waals surface area contributed by atoms with Gasteiger partial charge in [0.15, 0.2) is 0 Å². The van der Waals surface area contributed by atoms with Crippen molar-refractivity contribution in [3.63, 3.8) is 0 Å². The summed E-state index contributed by atoms with van der Waals surface area (Å²) in [5.41, 5.74) is 3.09. The molecule has 180 valence electrons. The third-order valence-corrected chi connectivity index (χ3v) is 6.60. The lowest BCUT2D eigenvalue weighted by molar-refractivity contribution is -0.139. The second kappa shape index (κ2) is 11.2. The predicted molar refractivity (Wildman–Crippen MR) is 130 cm³/mol. The summed E-state index contributed by atoms with van der Waals surface area (Å²) in [5, 5.41) is 2.73. The Morgan fingerprint density at radius 2 is 1.79 bits per heavy atom. The molecule has 0 aromatic heterocycles. The Bertz CT molecular complexity index is 1100. The number of benzene rings is 2. The van der Waals surface area contributed by atoms with Crippen LogP contribution in [-0.2, 0) is 26.2 Å². The number of methoxy groups -OCH3 is 1. The quantitative estimate of drug-likeness (QED) is 0.570. The first-order valence-corrected chi connectivity index (χ1v) is 12.6. The summed E-state index contributed by atoms with van der Waals surface area (Å²) in [6.07, 6.45) is 1.06. The standard InChI is InChI=1S/C24H33N3O5S/c1-7-25-24(29)19(4)26(15-20-9-8-10-22(14-20)32-5)23(28)16-27(33(6,30)31)21-12-11-17(2)18(3)13-21/h8-14,19H,7,15-16H2,1-6H3,(H,25,29). The van der Waals surface area contributed by atoms with Gasteiger partial charge < -0.3 is 15.0 Å². The fourth-order valence-corrected chi connectivity index (χ4v) is 4.21. The van der Waals surface area contributed by atoms with Crippen molar-refractivity contribution in [1.29, 1.82) is 0 Å².